The molecule has 2 aliphatic heterocycles. The number of nitriles is 1. The Morgan fingerprint density at radius 3 is 2.60 bits per heavy atom. The number of aryl methyl sites for hydroxylation is 1. The molecule has 0 aliphatic carbocycles. The third kappa shape index (κ3) is 6.18. The monoisotopic (exact) mass is 647 g/mol. The summed E-state index contributed by atoms with van der Waals surface area (Å²) in [6.45, 7) is 7.46. The smallest absolute Gasteiger partial charge is 0.331 e. The number of anilines is 3. The second kappa shape index (κ2) is 12.4. The van der Waals surface area contributed by atoms with E-state index < -0.39 is 23.4 Å². The summed E-state index contributed by atoms with van der Waals surface area (Å²) in [6, 6.07) is 18.3. The molecule has 4 N–H and O–H groups in total. The molecule has 0 bridgehead atoms. The quantitative estimate of drug-likeness (QED) is 0.146. The van der Waals surface area contributed by atoms with Crippen molar-refractivity contribution in [3.8, 4) is 17.6 Å². The van der Waals surface area contributed by atoms with Crippen LogP contribution in [-0.2, 0) is 4.79 Å². The number of hydrogen-bond donors (Lipinski definition) is 3. The highest BCUT2D eigenvalue weighted by atomic mass is 32.1. The fraction of sp³-hybridized carbons (Fsp3) is 0.229. The number of hydrogen-bond acceptors (Lipinski definition) is 8. The first kappa shape index (κ1) is 31.5. The zero-order chi connectivity index (χ0) is 33.5. The summed E-state index contributed by atoms with van der Waals surface area (Å²) in [5, 5.41) is 16.2. The zero-order valence-corrected chi connectivity index (χ0v) is 27.2. The Labute approximate surface area is 275 Å². The van der Waals surface area contributed by atoms with Crippen molar-refractivity contribution in [1.82, 2.24) is 15.2 Å². The summed E-state index contributed by atoms with van der Waals surface area (Å²) < 4.78 is 5.98. The Morgan fingerprint density at radius 1 is 1.13 bits per heavy atom. The van der Waals surface area contributed by atoms with Gasteiger partial charge in [-0.1, -0.05) is 18.2 Å². The molecule has 0 saturated heterocycles. The SMILES string of the molecule is CC1=C(NC(=O)c2sc3nccc4c3c2NC(=O)N4c2ccc(Oc3ccccc3)cc2C)CCCN1C(=O)/C(C#N)=C\C(C)(C)N. The van der Waals surface area contributed by atoms with Gasteiger partial charge in [0, 0.05) is 29.7 Å². The lowest BCUT2D eigenvalue weighted by Gasteiger charge is -2.31. The Bertz CT molecular complexity index is 2040. The topological polar surface area (TPSA) is 154 Å². The first-order valence-electron chi connectivity index (χ1n) is 15.1. The average Bonchev–Trinajstić information content (AvgIpc) is 3.41. The van der Waals surface area contributed by atoms with Crippen molar-refractivity contribution in [2.45, 2.75) is 46.1 Å². The first-order chi connectivity index (χ1) is 22.4. The standard InChI is InChI=1S/C35H33N7O4S/c1-20-17-24(46-23-9-6-5-7-10-23)12-13-26(20)42-27-14-15-38-32-28(27)29(40-34(42)45)30(47-32)31(43)39-25-11-8-16-41(21(25)2)33(44)22(19-36)18-35(3,4)37/h5-7,9-10,12-15,17-18H,8,11,16,37H2,1-4H3,(H,39,43)(H,40,45)/b22-18-. The summed E-state index contributed by atoms with van der Waals surface area (Å²) in [5.41, 5.74) is 8.70. The Balaban J connectivity index is 1.30. The molecular weight excluding hydrogens is 614 g/mol. The molecule has 4 aromatic rings. The maximum Gasteiger partial charge on any atom is 0.331 e. The molecule has 6 rings (SSSR count). The average molecular weight is 648 g/mol. The van der Waals surface area contributed by atoms with E-state index in [1.54, 1.807) is 37.9 Å². The number of aromatic nitrogens is 1. The van der Waals surface area contributed by atoms with Crippen LogP contribution in [0.1, 0.15) is 48.8 Å². The van der Waals surface area contributed by atoms with Crippen LogP contribution in [0.3, 0.4) is 0 Å². The molecule has 0 fully saturated rings. The molecule has 0 spiro atoms. The third-order valence-electron chi connectivity index (χ3n) is 7.87. The number of nitrogens with two attached hydrogens (primary N) is 1. The first-order valence-corrected chi connectivity index (χ1v) is 15.9. The van der Waals surface area contributed by atoms with Gasteiger partial charge in [0.05, 0.1) is 22.4 Å². The zero-order valence-electron chi connectivity index (χ0n) is 26.4. The number of carbonyl (C=O) groups is 3. The van der Waals surface area contributed by atoms with Crippen molar-refractivity contribution in [2.24, 2.45) is 5.73 Å². The third-order valence-corrected chi connectivity index (χ3v) is 8.96. The Morgan fingerprint density at radius 2 is 1.89 bits per heavy atom. The predicted octanol–water partition coefficient (Wildman–Crippen LogP) is 6.85. The minimum atomic E-state index is -0.848. The van der Waals surface area contributed by atoms with E-state index in [1.807, 2.05) is 61.5 Å². The van der Waals surface area contributed by atoms with E-state index in [-0.39, 0.29) is 5.57 Å². The molecule has 4 heterocycles. The van der Waals surface area contributed by atoms with Crippen LogP contribution in [0.2, 0.25) is 0 Å². The van der Waals surface area contributed by atoms with Crippen LogP contribution in [-0.4, -0.2) is 39.8 Å². The van der Waals surface area contributed by atoms with Gasteiger partial charge in [-0.15, -0.1) is 11.3 Å². The number of nitrogens with zero attached hydrogens (tertiary/aromatic N) is 4. The van der Waals surface area contributed by atoms with Crippen LogP contribution in [0.15, 0.2) is 83.8 Å². The second-order valence-electron chi connectivity index (χ2n) is 12.0. The van der Waals surface area contributed by atoms with E-state index in [1.165, 1.54) is 22.3 Å². The molecule has 0 atom stereocenters. The van der Waals surface area contributed by atoms with E-state index in [9.17, 15) is 19.6 Å². The lowest BCUT2D eigenvalue weighted by molar-refractivity contribution is -0.125. The van der Waals surface area contributed by atoms with Crippen LogP contribution < -0.4 is 26.0 Å². The second-order valence-corrected chi connectivity index (χ2v) is 13.0. The number of ether oxygens (including phenoxy) is 1. The van der Waals surface area contributed by atoms with Crippen molar-refractivity contribution >= 4 is 56.5 Å². The lowest BCUT2D eigenvalue weighted by atomic mass is 10.0. The number of pyridine rings is 1. The highest BCUT2D eigenvalue weighted by molar-refractivity contribution is 7.21. The van der Waals surface area contributed by atoms with Crippen molar-refractivity contribution in [3.63, 3.8) is 0 Å². The molecule has 47 heavy (non-hydrogen) atoms. The molecule has 0 radical (unpaired) electrons. The van der Waals surface area contributed by atoms with Gasteiger partial charge in [-0.3, -0.25) is 14.5 Å². The van der Waals surface area contributed by atoms with Crippen LogP contribution in [0.5, 0.6) is 11.5 Å². The Hall–Kier alpha value is -5.51. The van der Waals surface area contributed by atoms with Gasteiger partial charge in [0.15, 0.2) is 0 Å². The molecule has 12 heteroatoms. The van der Waals surface area contributed by atoms with E-state index in [0.29, 0.717) is 74.4 Å². The number of carbonyl (C=O) groups excluding carboxylic acids is 3. The molecule has 2 aromatic carbocycles. The maximum absolute atomic E-state index is 13.8. The highest BCUT2D eigenvalue weighted by Gasteiger charge is 2.34. The van der Waals surface area contributed by atoms with E-state index in [2.05, 4.69) is 15.6 Å². The van der Waals surface area contributed by atoms with Crippen molar-refractivity contribution in [3.05, 3.63) is 94.3 Å². The number of allylic oxidation sites excluding steroid dienone is 2. The van der Waals surface area contributed by atoms with E-state index in [0.717, 1.165) is 5.56 Å². The number of para-hydroxylation sites is 1. The predicted molar refractivity (Wildman–Crippen MR) is 182 cm³/mol. The minimum absolute atomic E-state index is 0.0576. The molecule has 238 valence electrons. The van der Waals surface area contributed by atoms with Gasteiger partial charge < -0.3 is 26.0 Å². The van der Waals surface area contributed by atoms with E-state index in [4.69, 9.17) is 10.5 Å². The van der Waals surface area contributed by atoms with Crippen LogP contribution >= 0.6 is 11.3 Å². The van der Waals surface area contributed by atoms with Crippen molar-refractivity contribution in [1.29, 1.82) is 5.26 Å². The fourth-order valence-electron chi connectivity index (χ4n) is 5.74. The van der Waals surface area contributed by atoms with Gasteiger partial charge in [0.2, 0.25) is 0 Å². The van der Waals surface area contributed by atoms with Gasteiger partial charge in [-0.2, -0.15) is 5.26 Å². The van der Waals surface area contributed by atoms with Gasteiger partial charge in [0.25, 0.3) is 11.8 Å². The molecule has 0 unspecified atom stereocenters. The number of amides is 4. The highest BCUT2D eigenvalue weighted by Crippen LogP contribution is 2.46. The summed E-state index contributed by atoms with van der Waals surface area (Å²) in [6.07, 6.45) is 4.19. The summed E-state index contributed by atoms with van der Waals surface area (Å²) in [4.78, 5) is 49.2. The van der Waals surface area contributed by atoms with Crippen LogP contribution in [0.25, 0.3) is 10.2 Å². The molecule has 11 nitrogen and oxygen atoms in total. The van der Waals surface area contributed by atoms with Gasteiger partial charge in [0.1, 0.15) is 32.8 Å². The summed E-state index contributed by atoms with van der Waals surface area (Å²) in [5.74, 6) is 0.450. The van der Waals surface area contributed by atoms with Crippen molar-refractivity contribution < 1.29 is 19.1 Å². The van der Waals surface area contributed by atoms with Gasteiger partial charge in [-0.05, 0) is 88.6 Å². The number of benzene rings is 2. The van der Waals surface area contributed by atoms with E-state index >= 15 is 0 Å². The van der Waals surface area contributed by atoms with Gasteiger partial charge >= 0.3 is 6.03 Å². The van der Waals surface area contributed by atoms with Crippen LogP contribution in [0, 0.1) is 18.3 Å². The minimum Gasteiger partial charge on any atom is -0.457 e. The number of nitrogens with one attached hydrogen (secondary N) is 2. The number of thiophene rings is 1. The largest absolute Gasteiger partial charge is 0.457 e. The lowest BCUT2D eigenvalue weighted by Crippen LogP contribution is -2.39. The molecule has 0 saturated carbocycles. The number of rotatable bonds is 7. The molecular formula is C35H33N7O4S. The molecule has 2 aliphatic rings. The number of urea groups is 1. The normalized spacial score (nSPS) is 15.0. The fourth-order valence-corrected chi connectivity index (χ4v) is 6.75. The van der Waals surface area contributed by atoms with Crippen LogP contribution in [0.4, 0.5) is 21.9 Å². The Kier molecular flexibility index (Phi) is 8.27. The molecule has 4 amide bonds. The maximum atomic E-state index is 13.8. The van der Waals surface area contributed by atoms with Gasteiger partial charge in [-0.25, -0.2) is 9.78 Å². The van der Waals surface area contributed by atoms with Crippen molar-refractivity contribution in [2.75, 3.05) is 16.8 Å². The molecule has 2 aromatic heterocycles. The summed E-state index contributed by atoms with van der Waals surface area (Å²) >= 11 is 1.18. The summed E-state index contributed by atoms with van der Waals surface area (Å²) in [7, 11) is 0.